The minimum atomic E-state index is 0.0914. The number of rotatable bonds is 2. The van der Waals surface area contributed by atoms with Crippen molar-refractivity contribution in [3.05, 3.63) is 0 Å². The van der Waals surface area contributed by atoms with Crippen molar-refractivity contribution >= 4 is 6.29 Å². The SMILES string of the molecule is CC1CCCC(C=O)(C2CCCC2)C1. The maximum Gasteiger partial charge on any atom is 0.126 e. The van der Waals surface area contributed by atoms with Crippen LogP contribution >= 0.6 is 0 Å². The molecule has 2 atom stereocenters. The number of hydrogen-bond acceptors (Lipinski definition) is 1. The van der Waals surface area contributed by atoms with Crippen molar-refractivity contribution in [1.29, 1.82) is 0 Å². The van der Waals surface area contributed by atoms with Crippen LogP contribution in [0.25, 0.3) is 0 Å². The van der Waals surface area contributed by atoms with Crippen molar-refractivity contribution in [2.45, 2.75) is 58.3 Å². The van der Waals surface area contributed by atoms with Gasteiger partial charge in [0.05, 0.1) is 0 Å². The topological polar surface area (TPSA) is 17.1 Å². The largest absolute Gasteiger partial charge is 0.303 e. The molecule has 2 fully saturated rings. The molecule has 0 aromatic heterocycles. The Labute approximate surface area is 87.3 Å². The minimum absolute atomic E-state index is 0.0914. The molecule has 2 saturated carbocycles. The Morgan fingerprint density at radius 2 is 1.86 bits per heavy atom. The van der Waals surface area contributed by atoms with Crippen LogP contribution in [-0.2, 0) is 4.79 Å². The second-order valence-corrected chi connectivity index (χ2v) is 5.53. The normalized spacial score (nSPS) is 39.9. The molecule has 14 heavy (non-hydrogen) atoms. The molecule has 0 aromatic rings. The van der Waals surface area contributed by atoms with Crippen LogP contribution in [0.2, 0.25) is 0 Å². The summed E-state index contributed by atoms with van der Waals surface area (Å²) in [5.41, 5.74) is 0.0914. The van der Waals surface area contributed by atoms with E-state index in [1.54, 1.807) is 0 Å². The Hall–Kier alpha value is -0.330. The van der Waals surface area contributed by atoms with E-state index in [0.717, 1.165) is 11.8 Å². The second kappa shape index (κ2) is 4.04. The van der Waals surface area contributed by atoms with Crippen LogP contribution in [0.4, 0.5) is 0 Å². The number of hydrogen-bond donors (Lipinski definition) is 0. The summed E-state index contributed by atoms with van der Waals surface area (Å²) in [6, 6.07) is 0. The third kappa shape index (κ3) is 1.74. The van der Waals surface area contributed by atoms with Gasteiger partial charge in [-0.1, -0.05) is 32.6 Å². The highest BCUT2D eigenvalue weighted by atomic mass is 16.1. The molecule has 0 N–H and O–H groups in total. The Morgan fingerprint density at radius 3 is 2.43 bits per heavy atom. The van der Waals surface area contributed by atoms with E-state index >= 15 is 0 Å². The lowest BCUT2D eigenvalue weighted by Crippen LogP contribution is -2.35. The Balaban J connectivity index is 2.10. The average Bonchev–Trinajstić information content (AvgIpc) is 2.71. The number of carbonyl (C=O) groups is 1. The van der Waals surface area contributed by atoms with E-state index in [0.29, 0.717) is 0 Å². The van der Waals surface area contributed by atoms with Crippen molar-refractivity contribution in [3.8, 4) is 0 Å². The standard InChI is InChI=1S/C13H22O/c1-11-5-4-8-13(9-11,10-14)12-6-2-3-7-12/h10-12H,2-9H2,1H3. The van der Waals surface area contributed by atoms with Gasteiger partial charge in [-0.2, -0.15) is 0 Å². The first-order valence-electron chi connectivity index (χ1n) is 6.23. The van der Waals surface area contributed by atoms with Crippen molar-refractivity contribution in [3.63, 3.8) is 0 Å². The van der Waals surface area contributed by atoms with Gasteiger partial charge in [0, 0.05) is 5.41 Å². The number of aldehydes is 1. The van der Waals surface area contributed by atoms with Gasteiger partial charge in [-0.05, 0) is 37.5 Å². The molecule has 0 radical (unpaired) electrons. The molecule has 0 saturated heterocycles. The molecule has 0 aliphatic heterocycles. The summed E-state index contributed by atoms with van der Waals surface area (Å²) in [6.07, 6.45) is 11.6. The molecule has 1 nitrogen and oxygen atoms in total. The summed E-state index contributed by atoms with van der Waals surface area (Å²) in [5, 5.41) is 0. The van der Waals surface area contributed by atoms with Gasteiger partial charge in [-0.25, -0.2) is 0 Å². The monoisotopic (exact) mass is 194 g/mol. The maximum absolute atomic E-state index is 11.4. The first kappa shape index (κ1) is 10.2. The quantitative estimate of drug-likeness (QED) is 0.614. The number of carbonyl (C=O) groups excluding carboxylic acids is 1. The summed E-state index contributed by atoms with van der Waals surface area (Å²) in [6.45, 7) is 2.31. The lowest BCUT2D eigenvalue weighted by atomic mass is 9.63. The second-order valence-electron chi connectivity index (χ2n) is 5.53. The van der Waals surface area contributed by atoms with Crippen LogP contribution in [0.3, 0.4) is 0 Å². The molecule has 2 aliphatic rings. The van der Waals surface area contributed by atoms with E-state index in [1.165, 1.54) is 57.7 Å². The predicted molar refractivity (Wildman–Crippen MR) is 58.1 cm³/mol. The third-order valence-electron chi connectivity index (χ3n) is 4.47. The first-order chi connectivity index (χ1) is 6.77. The van der Waals surface area contributed by atoms with Gasteiger partial charge >= 0.3 is 0 Å². The van der Waals surface area contributed by atoms with Gasteiger partial charge in [-0.3, -0.25) is 0 Å². The van der Waals surface area contributed by atoms with E-state index < -0.39 is 0 Å². The average molecular weight is 194 g/mol. The molecule has 2 rings (SSSR count). The highest BCUT2D eigenvalue weighted by molar-refractivity contribution is 5.60. The van der Waals surface area contributed by atoms with Crippen molar-refractivity contribution < 1.29 is 4.79 Å². The minimum Gasteiger partial charge on any atom is -0.303 e. The Morgan fingerprint density at radius 1 is 1.14 bits per heavy atom. The summed E-state index contributed by atoms with van der Waals surface area (Å²) < 4.78 is 0. The summed E-state index contributed by atoms with van der Waals surface area (Å²) >= 11 is 0. The molecule has 0 heterocycles. The fraction of sp³-hybridized carbons (Fsp3) is 0.923. The van der Waals surface area contributed by atoms with Crippen LogP contribution in [0, 0.1) is 17.3 Å². The predicted octanol–water partition coefficient (Wildman–Crippen LogP) is 3.57. The van der Waals surface area contributed by atoms with Crippen LogP contribution in [-0.4, -0.2) is 6.29 Å². The molecule has 0 amide bonds. The van der Waals surface area contributed by atoms with Crippen molar-refractivity contribution in [2.24, 2.45) is 17.3 Å². The van der Waals surface area contributed by atoms with Crippen LogP contribution in [0.1, 0.15) is 58.3 Å². The van der Waals surface area contributed by atoms with E-state index in [2.05, 4.69) is 6.92 Å². The molecular formula is C13H22O. The smallest absolute Gasteiger partial charge is 0.126 e. The molecule has 0 bridgehead atoms. The highest BCUT2D eigenvalue weighted by Crippen LogP contribution is 2.49. The lowest BCUT2D eigenvalue weighted by Gasteiger charge is -2.40. The van der Waals surface area contributed by atoms with Crippen LogP contribution in [0.5, 0.6) is 0 Å². The fourth-order valence-electron chi connectivity index (χ4n) is 3.71. The van der Waals surface area contributed by atoms with Gasteiger partial charge in [0.15, 0.2) is 0 Å². The first-order valence-corrected chi connectivity index (χ1v) is 6.23. The van der Waals surface area contributed by atoms with Gasteiger partial charge in [0.1, 0.15) is 6.29 Å². The molecule has 2 unspecified atom stereocenters. The molecular weight excluding hydrogens is 172 g/mol. The zero-order valence-corrected chi connectivity index (χ0v) is 9.30. The van der Waals surface area contributed by atoms with Crippen LogP contribution in [0.15, 0.2) is 0 Å². The lowest BCUT2D eigenvalue weighted by molar-refractivity contribution is -0.122. The summed E-state index contributed by atoms with van der Waals surface area (Å²) in [5.74, 6) is 1.50. The Bertz CT molecular complexity index is 205. The van der Waals surface area contributed by atoms with Gasteiger partial charge in [-0.15, -0.1) is 0 Å². The highest BCUT2D eigenvalue weighted by Gasteiger charge is 2.42. The van der Waals surface area contributed by atoms with Gasteiger partial charge in [0.25, 0.3) is 0 Å². The van der Waals surface area contributed by atoms with Crippen LogP contribution < -0.4 is 0 Å². The third-order valence-corrected chi connectivity index (χ3v) is 4.47. The van der Waals surface area contributed by atoms with Crippen molar-refractivity contribution in [2.75, 3.05) is 0 Å². The summed E-state index contributed by atoms with van der Waals surface area (Å²) in [7, 11) is 0. The summed E-state index contributed by atoms with van der Waals surface area (Å²) in [4.78, 5) is 11.4. The Kier molecular flexibility index (Phi) is 2.94. The molecule has 2 aliphatic carbocycles. The van der Waals surface area contributed by atoms with E-state index in [9.17, 15) is 4.79 Å². The van der Waals surface area contributed by atoms with E-state index in [1.807, 2.05) is 0 Å². The van der Waals surface area contributed by atoms with Crippen molar-refractivity contribution in [1.82, 2.24) is 0 Å². The maximum atomic E-state index is 11.4. The molecule has 0 aromatic carbocycles. The zero-order chi connectivity index (χ0) is 10.0. The van der Waals surface area contributed by atoms with E-state index in [-0.39, 0.29) is 5.41 Å². The zero-order valence-electron chi connectivity index (χ0n) is 9.30. The molecule has 1 heteroatoms. The van der Waals surface area contributed by atoms with Gasteiger partial charge in [0.2, 0.25) is 0 Å². The fourth-order valence-corrected chi connectivity index (χ4v) is 3.71. The van der Waals surface area contributed by atoms with E-state index in [4.69, 9.17) is 0 Å². The van der Waals surface area contributed by atoms with Gasteiger partial charge < -0.3 is 4.79 Å². The molecule has 0 spiro atoms. The molecule has 80 valence electrons.